The lowest BCUT2D eigenvalue weighted by Crippen LogP contribution is -1.94. The number of nitrogens with two attached hydrogens (primary N) is 1. The fourth-order valence-corrected chi connectivity index (χ4v) is 2.23. The molecule has 3 heterocycles. The molecule has 0 fully saturated rings. The van der Waals surface area contributed by atoms with Gasteiger partial charge in [0.2, 0.25) is 0 Å². The van der Waals surface area contributed by atoms with E-state index in [0.29, 0.717) is 5.69 Å². The fraction of sp³-hybridized carbons (Fsp3) is 0. The van der Waals surface area contributed by atoms with E-state index in [0.717, 1.165) is 11.2 Å². The molecule has 4 nitrogen and oxygen atoms in total. The maximum Gasteiger partial charge on any atom is 0.163 e. The summed E-state index contributed by atoms with van der Waals surface area (Å²) in [6, 6.07) is 4.07. The number of anilines is 1. The largest absolute Gasteiger partial charge is 0.396 e. The van der Waals surface area contributed by atoms with E-state index < -0.39 is 0 Å². The Morgan fingerprint density at radius 3 is 3.07 bits per heavy atom. The van der Waals surface area contributed by atoms with Crippen molar-refractivity contribution in [3.63, 3.8) is 0 Å². The third kappa shape index (κ3) is 1.28. The van der Waals surface area contributed by atoms with Gasteiger partial charge in [-0.15, -0.1) is 11.3 Å². The van der Waals surface area contributed by atoms with Crippen molar-refractivity contribution in [2.45, 2.75) is 0 Å². The van der Waals surface area contributed by atoms with Crippen molar-refractivity contribution in [3.8, 4) is 10.4 Å². The van der Waals surface area contributed by atoms with E-state index in [-0.39, 0.29) is 0 Å². The van der Waals surface area contributed by atoms with Gasteiger partial charge in [0, 0.05) is 4.88 Å². The van der Waals surface area contributed by atoms with E-state index >= 15 is 0 Å². The van der Waals surface area contributed by atoms with Gasteiger partial charge in [-0.25, -0.2) is 9.50 Å². The van der Waals surface area contributed by atoms with Gasteiger partial charge in [0.1, 0.15) is 0 Å². The number of thiophene rings is 1. The molecular weight excluding hydrogens is 208 g/mol. The molecule has 0 saturated heterocycles. The van der Waals surface area contributed by atoms with E-state index in [1.54, 1.807) is 28.2 Å². The third-order valence-corrected chi connectivity index (χ3v) is 3.07. The topological polar surface area (TPSA) is 56.2 Å². The maximum absolute atomic E-state index is 5.63. The molecule has 0 bridgehead atoms. The lowest BCUT2D eigenvalue weighted by Gasteiger charge is -1.96. The van der Waals surface area contributed by atoms with Crippen LogP contribution in [-0.4, -0.2) is 14.6 Å². The fourth-order valence-electron chi connectivity index (χ4n) is 1.49. The van der Waals surface area contributed by atoms with Crippen LogP contribution in [0.3, 0.4) is 0 Å². The van der Waals surface area contributed by atoms with Crippen LogP contribution in [0.5, 0.6) is 0 Å². The number of rotatable bonds is 1. The molecule has 0 radical (unpaired) electrons. The minimum atomic E-state index is 0.614. The van der Waals surface area contributed by atoms with Gasteiger partial charge >= 0.3 is 0 Å². The summed E-state index contributed by atoms with van der Waals surface area (Å²) < 4.78 is 1.70. The van der Waals surface area contributed by atoms with Gasteiger partial charge in [-0.1, -0.05) is 6.07 Å². The van der Waals surface area contributed by atoms with Gasteiger partial charge in [-0.05, 0) is 11.4 Å². The molecule has 2 N–H and O–H groups in total. The van der Waals surface area contributed by atoms with Gasteiger partial charge in [0.15, 0.2) is 5.65 Å². The summed E-state index contributed by atoms with van der Waals surface area (Å²) in [7, 11) is 0. The Morgan fingerprint density at radius 1 is 1.33 bits per heavy atom. The number of aromatic nitrogens is 3. The molecule has 0 aliphatic carbocycles. The molecule has 15 heavy (non-hydrogen) atoms. The normalized spacial score (nSPS) is 10.9. The highest BCUT2D eigenvalue weighted by Crippen LogP contribution is 2.27. The molecule has 0 amide bonds. The highest BCUT2D eigenvalue weighted by atomic mass is 32.1. The van der Waals surface area contributed by atoms with Crippen LogP contribution in [0.4, 0.5) is 5.69 Å². The van der Waals surface area contributed by atoms with Crippen molar-refractivity contribution in [1.29, 1.82) is 0 Å². The van der Waals surface area contributed by atoms with Crippen LogP contribution in [-0.2, 0) is 0 Å². The SMILES string of the molecule is Nc1cnc2c(-c3cccs3)cnn2c1. The smallest absolute Gasteiger partial charge is 0.163 e. The zero-order chi connectivity index (χ0) is 10.3. The summed E-state index contributed by atoms with van der Waals surface area (Å²) in [5, 5.41) is 6.25. The Labute approximate surface area is 90.0 Å². The molecule has 74 valence electrons. The van der Waals surface area contributed by atoms with Crippen molar-refractivity contribution in [2.24, 2.45) is 0 Å². The lowest BCUT2D eigenvalue weighted by atomic mass is 10.3. The molecule has 0 aliphatic heterocycles. The van der Waals surface area contributed by atoms with Gasteiger partial charge in [-0.3, -0.25) is 0 Å². The zero-order valence-corrected chi connectivity index (χ0v) is 8.61. The molecule has 5 heteroatoms. The first-order chi connectivity index (χ1) is 7.34. The van der Waals surface area contributed by atoms with Gasteiger partial charge in [0.05, 0.1) is 29.8 Å². The zero-order valence-electron chi connectivity index (χ0n) is 7.79. The Hall–Kier alpha value is -1.88. The average Bonchev–Trinajstić information content (AvgIpc) is 2.82. The Balaban J connectivity index is 2.29. The Bertz CT molecular complexity index is 597. The molecular formula is C10H8N4S. The molecule has 3 rings (SSSR count). The second-order valence-electron chi connectivity index (χ2n) is 3.19. The molecule has 0 aliphatic rings. The summed E-state index contributed by atoms with van der Waals surface area (Å²) in [6.07, 6.45) is 5.22. The number of hydrogen-bond donors (Lipinski definition) is 1. The van der Waals surface area contributed by atoms with Crippen LogP contribution in [0, 0.1) is 0 Å². The first-order valence-electron chi connectivity index (χ1n) is 4.47. The molecule has 0 saturated carbocycles. The minimum absolute atomic E-state index is 0.614. The predicted octanol–water partition coefficient (Wildman–Crippen LogP) is 2.04. The molecule has 0 unspecified atom stereocenters. The van der Waals surface area contributed by atoms with Crippen molar-refractivity contribution >= 4 is 22.7 Å². The second kappa shape index (κ2) is 3.06. The third-order valence-electron chi connectivity index (χ3n) is 2.16. The molecule has 3 aromatic rings. The number of fused-ring (bicyclic) bond motifs is 1. The predicted molar refractivity (Wildman–Crippen MR) is 60.7 cm³/mol. The van der Waals surface area contributed by atoms with Crippen molar-refractivity contribution in [2.75, 3.05) is 5.73 Å². The molecule has 0 atom stereocenters. The first-order valence-corrected chi connectivity index (χ1v) is 5.35. The summed E-state index contributed by atoms with van der Waals surface area (Å²) in [4.78, 5) is 5.45. The van der Waals surface area contributed by atoms with Crippen molar-refractivity contribution < 1.29 is 0 Å². The van der Waals surface area contributed by atoms with E-state index in [4.69, 9.17) is 5.73 Å². The maximum atomic E-state index is 5.63. The van der Waals surface area contributed by atoms with E-state index in [1.807, 2.05) is 17.6 Å². The molecule has 0 aromatic carbocycles. The van der Waals surface area contributed by atoms with Crippen molar-refractivity contribution in [3.05, 3.63) is 36.1 Å². The van der Waals surface area contributed by atoms with Gasteiger partial charge in [0.25, 0.3) is 0 Å². The number of hydrogen-bond acceptors (Lipinski definition) is 4. The highest BCUT2D eigenvalue weighted by Gasteiger charge is 2.08. The van der Waals surface area contributed by atoms with Crippen LogP contribution in [0.15, 0.2) is 36.1 Å². The van der Waals surface area contributed by atoms with Crippen molar-refractivity contribution in [1.82, 2.24) is 14.6 Å². The number of nitrogens with zero attached hydrogens (tertiary/aromatic N) is 3. The highest BCUT2D eigenvalue weighted by molar-refractivity contribution is 7.13. The van der Waals surface area contributed by atoms with Crippen LogP contribution in [0.25, 0.3) is 16.1 Å². The minimum Gasteiger partial charge on any atom is -0.396 e. The second-order valence-corrected chi connectivity index (χ2v) is 4.14. The Morgan fingerprint density at radius 2 is 2.27 bits per heavy atom. The summed E-state index contributed by atoms with van der Waals surface area (Å²) in [5.41, 5.74) is 8.13. The summed E-state index contributed by atoms with van der Waals surface area (Å²) >= 11 is 1.68. The quantitative estimate of drug-likeness (QED) is 0.677. The van der Waals surface area contributed by atoms with E-state index in [2.05, 4.69) is 16.1 Å². The van der Waals surface area contributed by atoms with Crippen LogP contribution in [0.2, 0.25) is 0 Å². The molecule has 3 aromatic heterocycles. The van der Waals surface area contributed by atoms with Gasteiger partial charge < -0.3 is 5.73 Å². The van der Waals surface area contributed by atoms with Crippen LogP contribution in [0.1, 0.15) is 0 Å². The lowest BCUT2D eigenvalue weighted by molar-refractivity contribution is 0.942. The van der Waals surface area contributed by atoms with E-state index in [9.17, 15) is 0 Å². The first kappa shape index (κ1) is 8.43. The average molecular weight is 216 g/mol. The van der Waals surface area contributed by atoms with Crippen LogP contribution < -0.4 is 5.73 Å². The summed E-state index contributed by atoms with van der Waals surface area (Å²) in [6.45, 7) is 0. The number of nitrogen functional groups attached to an aromatic ring is 1. The standard InChI is InChI=1S/C10H8N4S/c11-7-4-12-10-8(5-13-14(10)6-7)9-2-1-3-15-9/h1-6H,11H2. The van der Waals surface area contributed by atoms with Gasteiger partial charge in [-0.2, -0.15) is 5.10 Å². The monoisotopic (exact) mass is 216 g/mol. The van der Waals surface area contributed by atoms with Crippen LogP contribution >= 0.6 is 11.3 Å². The van der Waals surface area contributed by atoms with E-state index in [1.165, 1.54) is 4.88 Å². The summed E-state index contributed by atoms with van der Waals surface area (Å²) in [5.74, 6) is 0. The molecule has 0 spiro atoms. The Kier molecular flexibility index (Phi) is 1.72.